The SMILES string of the molecule is C[C@H]1COc2c(NC(=O)Nc3ccccc3)cccc2C(=O)N([C@@H](C)CO)C1. The molecule has 3 N–H and O–H groups in total. The number of carbonyl (C=O) groups is 2. The Morgan fingerprint density at radius 3 is 2.68 bits per heavy atom. The van der Waals surface area contributed by atoms with Crippen LogP contribution in [-0.2, 0) is 0 Å². The molecule has 3 amide bonds. The molecule has 0 saturated carbocycles. The van der Waals surface area contributed by atoms with Gasteiger partial charge in [0.2, 0.25) is 0 Å². The summed E-state index contributed by atoms with van der Waals surface area (Å²) in [4.78, 5) is 27.1. The second-order valence-corrected chi connectivity index (χ2v) is 7.03. The molecule has 0 radical (unpaired) electrons. The van der Waals surface area contributed by atoms with Gasteiger partial charge in [-0.05, 0) is 31.2 Å². The van der Waals surface area contributed by atoms with Crippen LogP contribution in [0.25, 0.3) is 0 Å². The van der Waals surface area contributed by atoms with Crippen LogP contribution in [0.1, 0.15) is 24.2 Å². The second-order valence-electron chi connectivity index (χ2n) is 7.03. The highest BCUT2D eigenvalue weighted by Gasteiger charge is 2.29. The molecule has 2 atom stereocenters. The molecule has 0 fully saturated rings. The van der Waals surface area contributed by atoms with E-state index in [1.165, 1.54) is 0 Å². The predicted octanol–water partition coefficient (Wildman–Crippen LogP) is 3.18. The van der Waals surface area contributed by atoms with E-state index in [9.17, 15) is 14.7 Å². The average Bonchev–Trinajstić information content (AvgIpc) is 2.69. The maximum absolute atomic E-state index is 13.1. The van der Waals surface area contributed by atoms with Crippen LogP contribution in [0.15, 0.2) is 48.5 Å². The van der Waals surface area contributed by atoms with Crippen molar-refractivity contribution >= 4 is 23.3 Å². The molecular weight excluding hydrogens is 358 g/mol. The number of aliphatic hydroxyl groups excluding tert-OH is 1. The lowest BCUT2D eigenvalue weighted by Gasteiger charge is -2.33. The van der Waals surface area contributed by atoms with E-state index in [4.69, 9.17) is 4.74 Å². The highest BCUT2D eigenvalue weighted by molar-refractivity contribution is 6.04. The molecule has 2 aromatic carbocycles. The fraction of sp³-hybridized carbons (Fsp3) is 0.333. The number of nitrogens with zero attached hydrogens (tertiary/aromatic N) is 1. The minimum absolute atomic E-state index is 0.0808. The summed E-state index contributed by atoms with van der Waals surface area (Å²) in [5.74, 6) is 0.199. The zero-order chi connectivity index (χ0) is 20.1. The maximum atomic E-state index is 13.1. The molecule has 0 aliphatic carbocycles. The van der Waals surface area contributed by atoms with E-state index >= 15 is 0 Å². The number of para-hydroxylation sites is 2. The standard InChI is InChI=1S/C21H25N3O4/c1-14-11-24(15(2)12-25)20(26)17-9-6-10-18(19(17)28-13-14)23-21(27)22-16-7-4-3-5-8-16/h3-10,14-15,25H,11-13H2,1-2H3,(H2,22,23,27)/t14-,15+/m1/s1. The van der Waals surface area contributed by atoms with Crippen molar-refractivity contribution in [2.45, 2.75) is 19.9 Å². The van der Waals surface area contributed by atoms with Crippen LogP contribution < -0.4 is 15.4 Å². The van der Waals surface area contributed by atoms with E-state index in [-0.39, 0.29) is 24.5 Å². The monoisotopic (exact) mass is 383 g/mol. The van der Waals surface area contributed by atoms with Crippen molar-refractivity contribution in [2.24, 2.45) is 5.92 Å². The number of carbonyl (C=O) groups excluding carboxylic acids is 2. The summed E-state index contributed by atoms with van der Waals surface area (Å²) in [6.45, 7) is 4.56. The smallest absolute Gasteiger partial charge is 0.323 e. The van der Waals surface area contributed by atoms with Gasteiger partial charge in [-0.3, -0.25) is 4.79 Å². The third-order valence-electron chi connectivity index (χ3n) is 4.60. The van der Waals surface area contributed by atoms with Gasteiger partial charge >= 0.3 is 6.03 Å². The minimum atomic E-state index is -0.425. The molecule has 148 valence electrons. The quantitative estimate of drug-likeness (QED) is 0.756. The summed E-state index contributed by atoms with van der Waals surface area (Å²) < 4.78 is 5.90. The van der Waals surface area contributed by atoms with Gasteiger partial charge in [0.15, 0.2) is 5.75 Å². The van der Waals surface area contributed by atoms with Crippen LogP contribution in [0.2, 0.25) is 0 Å². The Morgan fingerprint density at radius 1 is 1.21 bits per heavy atom. The lowest BCUT2D eigenvalue weighted by atomic mass is 10.1. The lowest BCUT2D eigenvalue weighted by Crippen LogP contribution is -2.45. The summed E-state index contributed by atoms with van der Waals surface area (Å²) in [6, 6.07) is 13.4. The number of aliphatic hydroxyl groups is 1. The van der Waals surface area contributed by atoms with Crippen LogP contribution in [0.5, 0.6) is 5.75 Å². The number of anilines is 2. The molecule has 1 heterocycles. The first-order valence-corrected chi connectivity index (χ1v) is 9.30. The summed E-state index contributed by atoms with van der Waals surface area (Å²) in [5.41, 5.74) is 1.45. The fourth-order valence-electron chi connectivity index (χ4n) is 3.10. The molecule has 0 saturated heterocycles. The Bertz CT molecular complexity index is 841. The molecule has 1 aliphatic heterocycles. The average molecular weight is 383 g/mol. The number of ether oxygens (including phenoxy) is 1. The molecule has 7 nitrogen and oxygen atoms in total. The number of hydrogen-bond acceptors (Lipinski definition) is 4. The normalized spacial score (nSPS) is 17.6. The van der Waals surface area contributed by atoms with Crippen molar-refractivity contribution in [2.75, 3.05) is 30.4 Å². The Labute approximate surface area is 164 Å². The van der Waals surface area contributed by atoms with E-state index in [0.717, 1.165) is 0 Å². The van der Waals surface area contributed by atoms with E-state index in [1.807, 2.05) is 32.0 Å². The lowest BCUT2D eigenvalue weighted by molar-refractivity contribution is 0.0525. The number of fused-ring (bicyclic) bond motifs is 1. The molecule has 1 aliphatic rings. The third-order valence-corrected chi connectivity index (χ3v) is 4.60. The van der Waals surface area contributed by atoms with E-state index < -0.39 is 6.03 Å². The number of hydrogen-bond donors (Lipinski definition) is 3. The summed E-state index contributed by atoms with van der Waals surface area (Å²) in [7, 11) is 0. The molecule has 7 heteroatoms. The Kier molecular flexibility index (Phi) is 6.16. The summed E-state index contributed by atoms with van der Waals surface area (Å²) in [6.07, 6.45) is 0. The van der Waals surface area contributed by atoms with Crippen LogP contribution >= 0.6 is 0 Å². The zero-order valence-corrected chi connectivity index (χ0v) is 16.0. The summed E-state index contributed by atoms with van der Waals surface area (Å²) in [5, 5.41) is 15.0. The number of urea groups is 1. The van der Waals surface area contributed by atoms with Gasteiger partial charge in [-0.25, -0.2) is 4.79 Å². The first kappa shape index (κ1) is 19.7. The van der Waals surface area contributed by atoms with Gasteiger partial charge in [0.25, 0.3) is 5.91 Å². The van der Waals surface area contributed by atoms with Gasteiger partial charge in [0, 0.05) is 18.2 Å². The highest BCUT2D eigenvalue weighted by atomic mass is 16.5. The van der Waals surface area contributed by atoms with Crippen LogP contribution in [0, 0.1) is 5.92 Å². The van der Waals surface area contributed by atoms with Crippen molar-refractivity contribution in [3.05, 3.63) is 54.1 Å². The van der Waals surface area contributed by atoms with Gasteiger partial charge in [0.05, 0.1) is 30.5 Å². The number of amides is 3. The van der Waals surface area contributed by atoms with E-state index in [2.05, 4.69) is 10.6 Å². The van der Waals surface area contributed by atoms with Gasteiger partial charge in [-0.1, -0.05) is 31.2 Å². The van der Waals surface area contributed by atoms with Crippen molar-refractivity contribution in [1.82, 2.24) is 4.90 Å². The molecule has 0 aromatic heterocycles. The number of nitrogens with one attached hydrogen (secondary N) is 2. The minimum Gasteiger partial charge on any atom is -0.490 e. The molecule has 0 unspecified atom stereocenters. The van der Waals surface area contributed by atoms with Gasteiger partial charge in [0.1, 0.15) is 0 Å². The number of benzene rings is 2. The topological polar surface area (TPSA) is 90.9 Å². The molecule has 3 rings (SSSR count). The fourth-order valence-corrected chi connectivity index (χ4v) is 3.10. The molecule has 0 bridgehead atoms. The van der Waals surface area contributed by atoms with E-state index in [1.54, 1.807) is 35.2 Å². The van der Waals surface area contributed by atoms with Crippen molar-refractivity contribution < 1.29 is 19.4 Å². The predicted molar refractivity (Wildman–Crippen MR) is 108 cm³/mol. The first-order chi connectivity index (χ1) is 13.5. The van der Waals surface area contributed by atoms with Crippen molar-refractivity contribution in [1.29, 1.82) is 0 Å². The zero-order valence-electron chi connectivity index (χ0n) is 16.0. The molecule has 2 aromatic rings. The summed E-state index contributed by atoms with van der Waals surface area (Å²) >= 11 is 0. The van der Waals surface area contributed by atoms with Crippen LogP contribution in [0.4, 0.5) is 16.2 Å². The van der Waals surface area contributed by atoms with Gasteiger partial charge in [-0.2, -0.15) is 0 Å². The Hall–Kier alpha value is -3.06. The maximum Gasteiger partial charge on any atom is 0.323 e. The molecular formula is C21H25N3O4. The largest absolute Gasteiger partial charge is 0.490 e. The molecule has 28 heavy (non-hydrogen) atoms. The number of rotatable bonds is 4. The Balaban J connectivity index is 1.87. The van der Waals surface area contributed by atoms with Crippen LogP contribution in [0.3, 0.4) is 0 Å². The van der Waals surface area contributed by atoms with Crippen LogP contribution in [-0.4, -0.2) is 47.7 Å². The van der Waals surface area contributed by atoms with Crippen molar-refractivity contribution in [3.8, 4) is 5.75 Å². The van der Waals surface area contributed by atoms with Crippen molar-refractivity contribution in [3.63, 3.8) is 0 Å². The Morgan fingerprint density at radius 2 is 1.96 bits per heavy atom. The van der Waals surface area contributed by atoms with Gasteiger partial charge < -0.3 is 25.4 Å². The second kappa shape index (κ2) is 8.75. The molecule has 0 spiro atoms. The van der Waals surface area contributed by atoms with Gasteiger partial charge in [-0.15, -0.1) is 0 Å². The third kappa shape index (κ3) is 4.43. The van der Waals surface area contributed by atoms with E-state index in [0.29, 0.717) is 35.8 Å². The highest BCUT2D eigenvalue weighted by Crippen LogP contribution is 2.33. The first-order valence-electron chi connectivity index (χ1n) is 9.30.